The lowest BCUT2D eigenvalue weighted by molar-refractivity contribution is -0.132. The van der Waals surface area contributed by atoms with E-state index in [-0.39, 0.29) is 12.7 Å². The second-order valence-electron chi connectivity index (χ2n) is 5.59. The van der Waals surface area contributed by atoms with Gasteiger partial charge in [0.05, 0.1) is 13.2 Å². The van der Waals surface area contributed by atoms with Gasteiger partial charge in [-0.2, -0.15) is 0 Å². The lowest BCUT2D eigenvalue weighted by Crippen LogP contribution is -2.36. The van der Waals surface area contributed by atoms with Gasteiger partial charge in [0.2, 0.25) is 12.7 Å². The first-order chi connectivity index (χ1) is 12.2. The fourth-order valence-corrected chi connectivity index (χ4v) is 2.32. The molecule has 2 aromatic carbocycles. The Hall–Kier alpha value is -2.73. The van der Waals surface area contributed by atoms with Crippen LogP contribution in [0.3, 0.4) is 0 Å². The van der Waals surface area contributed by atoms with Crippen LogP contribution in [-0.4, -0.2) is 32.0 Å². The van der Waals surface area contributed by atoms with Gasteiger partial charge in [-0.1, -0.05) is 30.3 Å². The van der Waals surface area contributed by atoms with Gasteiger partial charge in [0.25, 0.3) is 0 Å². The van der Waals surface area contributed by atoms with Crippen molar-refractivity contribution >= 4 is 5.91 Å². The van der Waals surface area contributed by atoms with Crippen LogP contribution in [0.15, 0.2) is 48.5 Å². The van der Waals surface area contributed by atoms with Crippen LogP contribution in [0.2, 0.25) is 0 Å². The summed E-state index contributed by atoms with van der Waals surface area (Å²) in [5.74, 6) is 1.90. The molecule has 0 unspecified atom stereocenters. The second kappa shape index (κ2) is 8.39. The molecule has 0 fully saturated rings. The standard InChI is InChI=1S/C19H21NO5/c1-14(23-12-15-5-3-2-4-6-15)19(21)20-9-10-22-16-7-8-17-18(11-16)25-13-24-17/h2-8,11,14H,9-10,12-13H2,1H3,(H,20,21)/t14-/m1/s1. The summed E-state index contributed by atoms with van der Waals surface area (Å²) in [6.07, 6.45) is -0.522. The van der Waals surface area contributed by atoms with E-state index in [1.165, 1.54) is 0 Å². The normalized spacial score (nSPS) is 13.3. The van der Waals surface area contributed by atoms with Gasteiger partial charge < -0.3 is 24.3 Å². The van der Waals surface area contributed by atoms with Crippen molar-refractivity contribution in [1.29, 1.82) is 0 Å². The maximum Gasteiger partial charge on any atom is 0.248 e. The average molecular weight is 343 g/mol. The highest BCUT2D eigenvalue weighted by molar-refractivity contribution is 5.80. The maximum absolute atomic E-state index is 12.0. The number of ether oxygens (including phenoxy) is 4. The number of carbonyl (C=O) groups excluding carboxylic acids is 1. The minimum atomic E-state index is -0.522. The van der Waals surface area contributed by atoms with Gasteiger partial charge in [-0.25, -0.2) is 0 Å². The van der Waals surface area contributed by atoms with Crippen LogP contribution in [0.1, 0.15) is 12.5 Å². The molecule has 6 nitrogen and oxygen atoms in total. The zero-order valence-electron chi connectivity index (χ0n) is 14.1. The molecule has 0 saturated heterocycles. The molecule has 132 valence electrons. The Balaban J connectivity index is 1.34. The van der Waals surface area contributed by atoms with Crippen LogP contribution >= 0.6 is 0 Å². The fourth-order valence-electron chi connectivity index (χ4n) is 2.32. The summed E-state index contributed by atoms with van der Waals surface area (Å²) >= 11 is 0. The highest BCUT2D eigenvalue weighted by atomic mass is 16.7. The lowest BCUT2D eigenvalue weighted by atomic mass is 10.2. The number of benzene rings is 2. The molecule has 3 rings (SSSR count). The van der Waals surface area contributed by atoms with E-state index >= 15 is 0 Å². The van der Waals surface area contributed by atoms with Crippen molar-refractivity contribution in [2.24, 2.45) is 0 Å². The van der Waals surface area contributed by atoms with E-state index in [1.807, 2.05) is 30.3 Å². The van der Waals surface area contributed by atoms with Crippen LogP contribution in [0, 0.1) is 0 Å². The summed E-state index contributed by atoms with van der Waals surface area (Å²) < 4.78 is 21.7. The molecule has 0 radical (unpaired) electrons. The summed E-state index contributed by atoms with van der Waals surface area (Å²) in [4.78, 5) is 12.0. The lowest BCUT2D eigenvalue weighted by Gasteiger charge is -2.14. The van der Waals surface area contributed by atoms with E-state index in [2.05, 4.69) is 5.32 Å². The Bertz CT molecular complexity index is 704. The van der Waals surface area contributed by atoms with Crippen molar-refractivity contribution in [2.75, 3.05) is 19.9 Å². The van der Waals surface area contributed by atoms with E-state index < -0.39 is 6.10 Å². The molecule has 0 saturated carbocycles. The van der Waals surface area contributed by atoms with E-state index in [9.17, 15) is 4.79 Å². The van der Waals surface area contributed by atoms with Crippen molar-refractivity contribution < 1.29 is 23.7 Å². The van der Waals surface area contributed by atoms with Crippen molar-refractivity contribution in [3.63, 3.8) is 0 Å². The molecule has 1 N–H and O–H groups in total. The first-order valence-electron chi connectivity index (χ1n) is 8.18. The minimum Gasteiger partial charge on any atom is -0.492 e. The van der Waals surface area contributed by atoms with Crippen molar-refractivity contribution in [3.8, 4) is 17.2 Å². The van der Waals surface area contributed by atoms with Gasteiger partial charge in [0.15, 0.2) is 11.5 Å². The van der Waals surface area contributed by atoms with Crippen LogP contribution in [-0.2, 0) is 16.1 Å². The van der Waals surface area contributed by atoms with E-state index in [0.717, 1.165) is 5.56 Å². The SMILES string of the molecule is C[C@@H](OCc1ccccc1)C(=O)NCCOc1ccc2c(c1)OCO2. The van der Waals surface area contributed by atoms with Crippen LogP contribution in [0.4, 0.5) is 0 Å². The fraction of sp³-hybridized carbons (Fsp3) is 0.316. The largest absolute Gasteiger partial charge is 0.492 e. The second-order valence-corrected chi connectivity index (χ2v) is 5.59. The average Bonchev–Trinajstić information content (AvgIpc) is 3.11. The molecule has 1 aliphatic rings. The Morgan fingerprint density at radius 3 is 2.80 bits per heavy atom. The number of hydrogen-bond acceptors (Lipinski definition) is 5. The first-order valence-corrected chi connectivity index (χ1v) is 8.18. The molecule has 0 aromatic heterocycles. The Morgan fingerprint density at radius 1 is 1.16 bits per heavy atom. The third-order valence-electron chi connectivity index (χ3n) is 3.73. The number of hydrogen-bond donors (Lipinski definition) is 1. The summed E-state index contributed by atoms with van der Waals surface area (Å²) in [7, 11) is 0. The number of fused-ring (bicyclic) bond motifs is 1. The molecule has 1 atom stereocenters. The molecule has 0 bridgehead atoms. The molecule has 6 heteroatoms. The minimum absolute atomic E-state index is 0.162. The summed E-state index contributed by atoms with van der Waals surface area (Å²) in [5, 5.41) is 2.80. The molecule has 1 heterocycles. The molecule has 0 aliphatic carbocycles. The Kier molecular flexibility index (Phi) is 5.74. The molecular formula is C19H21NO5. The molecule has 1 amide bonds. The molecule has 25 heavy (non-hydrogen) atoms. The van der Waals surface area contributed by atoms with Crippen molar-refractivity contribution in [1.82, 2.24) is 5.32 Å². The Morgan fingerprint density at radius 2 is 1.96 bits per heavy atom. The summed E-state index contributed by atoms with van der Waals surface area (Å²) in [6.45, 7) is 3.12. The number of carbonyl (C=O) groups is 1. The van der Waals surface area contributed by atoms with Gasteiger partial charge in [0, 0.05) is 6.07 Å². The van der Waals surface area contributed by atoms with E-state index in [0.29, 0.717) is 37.0 Å². The molecule has 1 aliphatic heterocycles. The predicted molar refractivity (Wildman–Crippen MR) is 91.8 cm³/mol. The Labute approximate surface area is 146 Å². The van der Waals surface area contributed by atoms with Crippen LogP contribution in [0.5, 0.6) is 17.2 Å². The maximum atomic E-state index is 12.0. The monoisotopic (exact) mass is 343 g/mol. The van der Waals surface area contributed by atoms with Gasteiger partial charge in [-0.3, -0.25) is 4.79 Å². The third kappa shape index (κ3) is 4.87. The number of rotatable bonds is 8. The van der Waals surface area contributed by atoms with Gasteiger partial charge in [0.1, 0.15) is 18.5 Å². The highest BCUT2D eigenvalue weighted by Crippen LogP contribution is 2.34. The molecular weight excluding hydrogens is 322 g/mol. The predicted octanol–water partition coefficient (Wildman–Crippen LogP) is 2.52. The molecule has 2 aromatic rings. The molecule has 0 spiro atoms. The quantitative estimate of drug-likeness (QED) is 0.746. The topological polar surface area (TPSA) is 66.0 Å². The highest BCUT2D eigenvalue weighted by Gasteiger charge is 2.14. The van der Waals surface area contributed by atoms with E-state index in [1.54, 1.807) is 25.1 Å². The summed E-state index contributed by atoms with van der Waals surface area (Å²) in [6, 6.07) is 15.1. The van der Waals surface area contributed by atoms with Gasteiger partial charge >= 0.3 is 0 Å². The van der Waals surface area contributed by atoms with Gasteiger partial charge in [-0.15, -0.1) is 0 Å². The third-order valence-corrected chi connectivity index (χ3v) is 3.73. The van der Waals surface area contributed by atoms with E-state index in [4.69, 9.17) is 18.9 Å². The summed E-state index contributed by atoms with van der Waals surface area (Å²) in [5.41, 5.74) is 1.04. The van der Waals surface area contributed by atoms with Gasteiger partial charge in [-0.05, 0) is 24.6 Å². The zero-order chi connectivity index (χ0) is 17.5. The van der Waals surface area contributed by atoms with Crippen molar-refractivity contribution in [2.45, 2.75) is 19.6 Å². The number of amides is 1. The van der Waals surface area contributed by atoms with Crippen LogP contribution in [0.25, 0.3) is 0 Å². The van der Waals surface area contributed by atoms with Crippen LogP contribution < -0.4 is 19.5 Å². The zero-order valence-corrected chi connectivity index (χ0v) is 14.1. The smallest absolute Gasteiger partial charge is 0.248 e. The number of nitrogens with one attached hydrogen (secondary N) is 1. The first kappa shape index (κ1) is 17.1. The van der Waals surface area contributed by atoms with Crippen molar-refractivity contribution in [3.05, 3.63) is 54.1 Å².